The third-order valence-electron chi connectivity index (χ3n) is 6.49. The average molecular weight is 441 g/mol. The molecule has 5 heterocycles. The third-order valence-corrected chi connectivity index (χ3v) is 6.85. The molecule has 0 amide bonds. The topological polar surface area (TPSA) is 57.9 Å². The molecule has 5 rings (SSSR count). The van der Waals surface area contributed by atoms with Crippen molar-refractivity contribution in [1.29, 1.82) is 0 Å². The maximum atomic E-state index is 6.98. The molecule has 31 heavy (non-hydrogen) atoms. The lowest BCUT2D eigenvalue weighted by atomic mass is 9.94. The molecule has 0 unspecified atom stereocenters. The van der Waals surface area contributed by atoms with Crippen LogP contribution in [0.2, 0.25) is 5.15 Å². The predicted octanol–water partition coefficient (Wildman–Crippen LogP) is 3.70. The van der Waals surface area contributed by atoms with Crippen LogP contribution in [0.4, 0.5) is 5.82 Å². The van der Waals surface area contributed by atoms with Crippen molar-refractivity contribution < 1.29 is 4.74 Å². The number of anilines is 1. The minimum Gasteiger partial charge on any atom is -0.495 e. The third kappa shape index (κ3) is 3.86. The summed E-state index contributed by atoms with van der Waals surface area (Å²) in [6, 6.07) is 10.3. The Labute approximate surface area is 188 Å². The maximum absolute atomic E-state index is 6.98. The molecule has 7 nitrogen and oxygen atoms in total. The van der Waals surface area contributed by atoms with Crippen molar-refractivity contribution in [3.63, 3.8) is 0 Å². The summed E-state index contributed by atoms with van der Waals surface area (Å²) in [5.74, 6) is 1.94. The summed E-state index contributed by atoms with van der Waals surface area (Å²) in [7, 11) is 3.86. The first kappa shape index (κ1) is 20.5. The fourth-order valence-corrected chi connectivity index (χ4v) is 5.11. The molecule has 0 aromatic carbocycles. The van der Waals surface area contributed by atoms with E-state index in [0.29, 0.717) is 5.15 Å². The molecular weight excluding hydrogens is 412 g/mol. The van der Waals surface area contributed by atoms with Crippen LogP contribution in [-0.2, 0) is 0 Å². The lowest BCUT2D eigenvalue weighted by Gasteiger charge is -2.34. The molecule has 8 heteroatoms. The van der Waals surface area contributed by atoms with E-state index in [2.05, 4.69) is 43.7 Å². The summed E-state index contributed by atoms with van der Waals surface area (Å²) in [5.41, 5.74) is 2.77. The standard InChI is InChI=1S/C23H29ClN6O/c1-28-12-14-29(15-13-28)20-10-4-9-19-27-22(23(24)30(19)20)17-7-3-6-16(26-17)21-18(31-2)8-5-11-25-21/h4-5,8-11,16-17,26H,3,6-7,12-15H2,1-2H3/t16-,17+/m0/s1. The number of nitrogens with one attached hydrogen (secondary N) is 1. The zero-order chi connectivity index (χ0) is 21.4. The minimum atomic E-state index is 0.0817. The van der Waals surface area contributed by atoms with Gasteiger partial charge in [0, 0.05) is 32.4 Å². The van der Waals surface area contributed by atoms with E-state index in [1.54, 1.807) is 7.11 Å². The fraction of sp³-hybridized carbons (Fsp3) is 0.478. The number of aromatic nitrogens is 3. The first-order valence-electron chi connectivity index (χ1n) is 11.0. The molecule has 0 radical (unpaired) electrons. The van der Waals surface area contributed by atoms with Crippen LogP contribution in [0.3, 0.4) is 0 Å². The van der Waals surface area contributed by atoms with Crippen LogP contribution in [0.5, 0.6) is 5.75 Å². The number of hydrogen-bond acceptors (Lipinski definition) is 6. The van der Waals surface area contributed by atoms with Gasteiger partial charge in [-0.25, -0.2) is 4.98 Å². The van der Waals surface area contributed by atoms with Crippen molar-refractivity contribution in [1.82, 2.24) is 24.6 Å². The lowest BCUT2D eigenvalue weighted by molar-refractivity contribution is 0.310. The molecule has 2 atom stereocenters. The second-order valence-corrected chi connectivity index (χ2v) is 8.81. The van der Waals surface area contributed by atoms with Gasteiger partial charge in [-0.1, -0.05) is 17.7 Å². The molecule has 2 saturated heterocycles. The van der Waals surface area contributed by atoms with E-state index in [9.17, 15) is 0 Å². The van der Waals surface area contributed by atoms with E-state index in [4.69, 9.17) is 21.3 Å². The quantitative estimate of drug-likeness (QED) is 0.667. The summed E-state index contributed by atoms with van der Waals surface area (Å²) < 4.78 is 7.65. The number of hydrogen-bond donors (Lipinski definition) is 1. The number of methoxy groups -OCH3 is 1. The Morgan fingerprint density at radius 2 is 1.81 bits per heavy atom. The van der Waals surface area contributed by atoms with Gasteiger partial charge in [0.05, 0.1) is 30.6 Å². The SMILES string of the molecule is COc1cccnc1[C@@H]1CCC[C@H](c2nc3cccc(N4CCN(C)CC4)n3c2Cl)N1. The summed E-state index contributed by atoms with van der Waals surface area (Å²) in [5, 5.41) is 4.45. The molecule has 0 spiro atoms. The maximum Gasteiger partial charge on any atom is 0.141 e. The number of imidazole rings is 1. The number of ether oxygens (including phenoxy) is 1. The first-order valence-corrected chi connectivity index (χ1v) is 11.4. The van der Waals surface area contributed by atoms with Crippen LogP contribution < -0.4 is 15.0 Å². The minimum absolute atomic E-state index is 0.0817. The zero-order valence-corrected chi connectivity index (χ0v) is 18.8. The monoisotopic (exact) mass is 440 g/mol. The van der Waals surface area contributed by atoms with Crippen molar-refractivity contribution in [2.45, 2.75) is 31.3 Å². The fourth-order valence-electron chi connectivity index (χ4n) is 4.77. The van der Waals surface area contributed by atoms with Gasteiger partial charge in [-0.15, -0.1) is 0 Å². The normalized spacial score (nSPS) is 22.7. The summed E-state index contributed by atoms with van der Waals surface area (Å²) in [4.78, 5) is 14.3. The van der Waals surface area contributed by atoms with Gasteiger partial charge in [0.2, 0.25) is 0 Å². The highest BCUT2D eigenvalue weighted by molar-refractivity contribution is 6.30. The molecular formula is C23H29ClN6O. The molecule has 0 saturated carbocycles. The Morgan fingerprint density at radius 3 is 2.58 bits per heavy atom. The van der Waals surface area contributed by atoms with Gasteiger partial charge < -0.3 is 19.9 Å². The molecule has 3 aromatic rings. The van der Waals surface area contributed by atoms with Crippen molar-refractivity contribution in [2.24, 2.45) is 0 Å². The van der Waals surface area contributed by atoms with Gasteiger partial charge in [-0.3, -0.25) is 9.38 Å². The molecule has 2 fully saturated rings. The molecule has 164 valence electrons. The first-order chi connectivity index (χ1) is 15.2. The highest BCUT2D eigenvalue weighted by Gasteiger charge is 2.30. The molecule has 2 aliphatic heterocycles. The van der Waals surface area contributed by atoms with E-state index in [-0.39, 0.29) is 12.1 Å². The number of nitrogens with zero attached hydrogens (tertiary/aromatic N) is 5. The van der Waals surface area contributed by atoms with Gasteiger partial charge in [-0.2, -0.15) is 0 Å². The van der Waals surface area contributed by atoms with E-state index < -0.39 is 0 Å². The van der Waals surface area contributed by atoms with E-state index in [0.717, 1.165) is 74.0 Å². The largest absolute Gasteiger partial charge is 0.495 e. The van der Waals surface area contributed by atoms with Crippen LogP contribution >= 0.6 is 11.6 Å². The highest BCUT2D eigenvalue weighted by Crippen LogP contribution is 2.38. The van der Waals surface area contributed by atoms with Gasteiger partial charge >= 0.3 is 0 Å². The van der Waals surface area contributed by atoms with Crippen molar-refractivity contribution in [3.05, 3.63) is 53.1 Å². The average Bonchev–Trinajstić information content (AvgIpc) is 3.16. The van der Waals surface area contributed by atoms with Crippen LogP contribution in [-0.4, -0.2) is 59.6 Å². The van der Waals surface area contributed by atoms with Crippen LogP contribution in [0.25, 0.3) is 5.65 Å². The Bertz CT molecular complexity index is 1060. The van der Waals surface area contributed by atoms with Gasteiger partial charge in [0.25, 0.3) is 0 Å². The molecule has 0 aliphatic carbocycles. The second kappa shape index (κ2) is 8.65. The van der Waals surface area contributed by atoms with Crippen molar-refractivity contribution >= 4 is 23.1 Å². The molecule has 1 N–H and O–H groups in total. The summed E-state index contributed by atoms with van der Waals surface area (Å²) in [6.45, 7) is 4.08. The van der Waals surface area contributed by atoms with Gasteiger partial charge in [0.15, 0.2) is 0 Å². The van der Waals surface area contributed by atoms with Crippen LogP contribution in [0.15, 0.2) is 36.5 Å². The van der Waals surface area contributed by atoms with E-state index >= 15 is 0 Å². The number of halogens is 1. The Hall–Kier alpha value is -2.35. The molecule has 2 aliphatic rings. The predicted molar refractivity (Wildman–Crippen MR) is 123 cm³/mol. The number of piperidine rings is 1. The van der Waals surface area contributed by atoms with Gasteiger partial charge in [-0.05, 0) is 50.6 Å². The van der Waals surface area contributed by atoms with Crippen LogP contribution in [0.1, 0.15) is 42.7 Å². The Kier molecular flexibility index (Phi) is 5.73. The number of likely N-dealkylation sites (N-methyl/N-ethyl adjacent to an activating group) is 1. The van der Waals surface area contributed by atoms with Crippen molar-refractivity contribution in [2.75, 3.05) is 45.2 Å². The lowest BCUT2D eigenvalue weighted by Crippen LogP contribution is -2.45. The van der Waals surface area contributed by atoms with E-state index in [1.165, 1.54) is 0 Å². The molecule has 3 aromatic heterocycles. The highest BCUT2D eigenvalue weighted by atomic mass is 35.5. The Morgan fingerprint density at radius 1 is 1.03 bits per heavy atom. The van der Waals surface area contributed by atoms with Crippen molar-refractivity contribution in [3.8, 4) is 5.75 Å². The zero-order valence-electron chi connectivity index (χ0n) is 18.1. The second-order valence-electron chi connectivity index (χ2n) is 8.45. The number of pyridine rings is 2. The van der Waals surface area contributed by atoms with E-state index in [1.807, 2.05) is 24.4 Å². The smallest absolute Gasteiger partial charge is 0.141 e. The Balaban J connectivity index is 1.46. The number of fused-ring (bicyclic) bond motifs is 1. The summed E-state index contributed by atoms with van der Waals surface area (Å²) in [6.07, 6.45) is 4.92. The number of rotatable bonds is 4. The molecule has 0 bridgehead atoms. The van der Waals surface area contributed by atoms with Gasteiger partial charge in [0.1, 0.15) is 22.4 Å². The summed E-state index contributed by atoms with van der Waals surface area (Å²) >= 11 is 6.98. The number of piperazine rings is 1. The van der Waals surface area contributed by atoms with Crippen LogP contribution in [0, 0.1) is 0 Å².